The Labute approximate surface area is 144 Å². The molecule has 0 saturated heterocycles. The lowest BCUT2D eigenvalue weighted by atomic mass is 10.1. The molecule has 1 amide bonds. The maximum Gasteiger partial charge on any atom is 0.255 e. The van der Waals surface area contributed by atoms with Gasteiger partial charge < -0.3 is 14.8 Å². The Morgan fingerprint density at radius 2 is 1.87 bits per heavy atom. The first-order chi connectivity index (χ1) is 11.0. The number of carbonyl (C=O) groups is 1. The quantitative estimate of drug-likeness (QED) is 0.819. The van der Waals surface area contributed by atoms with Crippen molar-refractivity contribution in [2.24, 2.45) is 0 Å². The molecule has 23 heavy (non-hydrogen) atoms. The molecular weight excluding hydrogens is 358 g/mol. The Morgan fingerprint density at radius 1 is 1.22 bits per heavy atom. The second-order valence-electron chi connectivity index (χ2n) is 5.14. The van der Waals surface area contributed by atoms with Crippen molar-refractivity contribution in [3.8, 4) is 11.5 Å². The van der Waals surface area contributed by atoms with Crippen molar-refractivity contribution < 1.29 is 14.3 Å². The molecule has 0 bridgehead atoms. The van der Waals surface area contributed by atoms with Crippen LogP contribution in [0.5, 0.6) is 11.5 Å². The van der Waals surface area contributed by atoms with Crippen LogP contribution in [-0.2, 0) is 0 Å². The van der Waals surface area contributed by atoms with Crippen LogP contribution in [0.3, 0.4) is 0 Å². The molecule has 5 heteroatoms. The molecule has 2 rings (SSSR count). The van der Waals surface area contributed by atoms with Gasteiger partial charge >= 0.3 is 0 Å². The molecule has 4 nitrogen and oxygen atoms in total. The number of halogens is 1. The lowest BCUT2D eigenvalue weighted by Crippen LogP contribution is -2.14. The Bertz CT molecular complexity index is 708. The van der Waals surface area contributed by atoms with Crippen molar-refractivity contribution in [3.05, 3.63) is 51.5 Å². The van der Waals surface area contributed by atoms with Crippen molar-refractivity contribution in [3.63, 3.8) is 0 Å². The molecule has 0 unspecified atom stereocenters. The number of carbonyl (C=O) groups excluding carboxylic acids is 1. The number of aryl methyl sites for hydroxylation is 2. The van der Waals surface area contributed by atoms with Crippen LogP contribution in [0.2, 0.25) is 0 Å². The first-order valence-corrected chi connectivity index (χ1v) is 8.15. The van der Waals surface area contributed by atoms with E-state index in [1.807, 2.05) is 39.0 Å². The monoisotopic (exact) mass is 377 g/mol. The Hall–Kier alpha value is -2.01. The summed E-state index contributed by atoms with van der Waals surface area (Å²) in [6.45, 7) is 6.35. The minimum absolute atomic E-state index is 0.190. The zero-order valence-corrected chi connectivity index (χ0v) is 15.3. The number of rotatable bonds is 5. The van der Waals surface area contributed by atoms with E-state index in [9.17, 15) is 4.79 Å². The summed E-state index contributed by atoms with van der Waals surface area (Å²) in [5.74, 6) is 0.927. The fourth-order valence-corrected chi connectivity index (χ4v) is 2.89. The molecule has 2 aromatic rings. The van der Waals surface area contributed by atoms with Crippen molar-refractivity contribution in [1.82, 2.24) is 0 Å². The van der Waals surface area contributed by atoms with Gasteiger partial charge in [-0.05, 0) is 60.0 Å². The molecule has 0 atom stereocenters. The van der Waals surface area contributed by atoms with Gasteiger partial charge in [-0.3, -0.25) is 4.79 Å². The van der Waals surface area contributed by atoms with E-state index < -0.39 is 0 Å². The lowest BCUT2D eigenvalue weighted by molar-refractivity contribution is 0.102. The minimum atomic E-state index is -0.190. The molecule has 0 spiro atoms. The maximum atomic E-state index is 12.6. The molecule has 122 valence electrons. The zero-order chi connectivity index (χ0) is 17.0. The summed E-state index contributed by atoms with van der Waals surface area (Å²) in [6.07, 6.45) is 0. The van der Waals surface area contributed by atoms with Crippen LogP contribution in [0.4, 0.5) is 5.69 Å². The van der Waals surface area contributed by atoms with Crippen LogP contribution < -0.4 is 14.8 Å². The fraction of sp³-hybridized carbons (Fsp3) is 0.278. The van der Waals surface area contributed by atoms with Gasteiger partial charge in [0.15, 0.2) is 11.5 Å². The second kappa shape index (κ2) is 7.51. The van der Waals surface area contributed by atoms with Gasteiger partial charge in [0.25, 0.3) is 5.91 Å². The summed E-state index contributed by atoms with van der Waals surface area (Å²) < 4.78 is 11.6. The third kappa shape index (κ3) is 3.85. The number of hydrogen-bond donors (Lipinski definition) is 1. The van der Waals surface area contributed by atoms with Crippen LogP contribution in [0.15, 0.2) is 34.8 Å². The van der Waals surface area contributed by atoms with Gasteiger partial charge in [0.1, 0.15) is 0 Å². The van der Waals surface area contributed by atoms with Crippen molar-refractivity contribution in [2.75, 3.05) is 19.0 Å². The molecule has 0 aliphatic rings. The number of amides is 1. The maximum absolute atomic E-state index is 12.6. The Balaban J connectivity index is 2.35. The smallest absolute Gasteiger partial charge is 0.255 e. The van der Waals surface area contributed by atoms with Crippen molar-refractivity contribution >= 4 is 27.5 Å². The van der Waals surface area contributed by atoms with E-state index in [-0.39, 0.29) is 5.91 Å². The number of nitrogens with one attached hydrogen (secondary N) is 1. The average Bonchev–Trinajstić information content (AvgIpc) is 2.52. The van der Waals surface area contributed by atoms with Gasteiger partial charge in [0.2, 0.25) is 0 Å². The summed E-state index contributed by atoms with van der Waals surface area (Å²) in [7, 11) is 1.55. The van der Waals surface area contributed by atoms with Crippen LogP contribution in [0.25, 0.3) is 0 Å². The Morgan fingerprint density at radius 3 is 2.43 bits per heavy atom. The van der Waals surface area contributed by atoms with Crippen LogP contribution >= 0.6 is 15.9 Å². The third-order valence-corrected chi connectivity index (χ3v) is 4.09. The highest BCUT2D eigenvalue weighted by Crippen LogP contribution is 2.37. The average molecular weight is 378 g/mol. The summed E-state index contributed by atoms with van der Waals surface area (Å²) >= 11 is 3.44. The van der Waals surface area contributed by atoms with E-state index in [1.54, 1.807) is 19.2 Å². The van der Waals surface area contributed by atoms with Crippen molar-refractivity contribution in [2.45, 2.75) is 20.8 Å². The molecular formula is C18H20BrNO3. The highest BCUT2D eigenvalue weighted by atomic mass is 79.9. The van der Waals surface area contributed by atoms with E-state index >= 15 is 0 Å². The van der Waals surface area contributed by atoms with Crippen LogP contribution in [0.1, 0.15) is 28.4 Å². The van der Waals surface area contributed by atoms with Gasteiger partial charge in [-0.1, -0.05) is 18.2 Å². The van der Waals surface area contributed by atoms with Gasteiger partial charge in [0, 0.05) is 11.3 Å². The summed E-state index contributed by atoms with van der Waals surface area (Å²) in [6, 6.07) is 9.32. The summed E-state index contributed by atoms with van der Waals surface area (Å²) in [5, 5.41) is 2.97. The standard InChI is InChI=1S/C18H20BrNO3/c1-5-23-17-14(19)9-13(10-15(17)22-4)18(21)20-16-11(2)7-6-8-12(16)3/h6-10H,5H2,1-4H3,(H,20,21). The first kappa shape index (κ1) is 17.3. The molecule has 0 fully saturated rings. The molecule has 2 aromatic carbocycles. The van der Waals surface area contributed by atoms with Crippen LogP contribution in [-0.4, -0.2) is 19.6 Å². The fourth-order valence-electron chi connectivity index (χ4n) is 2.33. The van der Waals surface area contributed by atoms with Gasteiger partial charge in [-0.25, -0.2) is 0 Å². The van der Waals surface area contributed by atoms with E-state index in [1.165, 1.54) is 0 Å². The number of methoxy groups -OCH3 is 1. The number of para-hydroxylation sites is 1. The number of hydrogen-bond acceptors (Lipinski definition) is 3. The van der Waals surface area contributed by atoms with Crippen LogP contribution in [0, 0.1) is 13.8 Å². The summed E-state index contributed by atoms with van der Waals surface area (Å²) in [5.41, 5.74) is 3.38. The number of ether oxygens (including phenoxy) is 2. The second-order valence-corrected chi connectivity index (χ2v) is 6.00. The normalized spacial score (nSPS) is 10.3. The first-order valence-electron chi connectivity index (χ1n) is 7.35. The number of benzene rings is 2. The highest BCUT2D eigenvalue weighted by molar-refractivity contribution is 9.10. The predicted molar refractivity (Wildman–Crippen MR) is 95.7 cm³/mol. The van der Waals surface area contributed by atoms with E-state index in [0.717, 1.165) is 16.8 Å². The lowest BCUT2D eigenvalue weighted by Gasteiger charge is -2.15. The van der Waals surface area contributed by atoms with Gasteiger partial charge in [0.05, 0.1) is 18.2 Å². The Kier molecular flexibility index (Phi) is 5.66. The third-order valence-electron chi connectivity index (χ3n) is 3.50. The number of anilines is 1. The van der Waals surface area contributed by atoms with E-state index in [4.69, 9.17) is 9.47 Å². The zero-order valence-electron chi connectivity index (χ0n) is 13.7. The largest absolute Gasteiger partial charge is 0.493 e. The highest BCUT2D eigenvalue weighted by Gasteiger charge is 2.16. The SMILES string of the molecule is CCOc1c(Br)cc(C(=O)Nc2c(C)cccc2C)cc1OC. The van der Waals surface area contributed by atoms with Gasteiger partial charge in [-0.15, -0.1) is 0 Å². The molecule has 0 aromatic heterocycles. The van der Waals surface area contributed by atoms with E-state index in [2.05, 4.69) is 21.2 Å². The minimum Gasteiger partial charge on any atom is -0.493 e. The molecule has 0 radical (unpaired) electrons. The topological polar surface area (TPSA) is 47.6 Å². The van der Waals surface area contributed by atoms with Gasteiger partial charge in [-0.2, -0.15) is 0 Å². The molecule has 0 saturated carbocycles. The van der Waals surface area contributed by atoms with Crippen molar-refractivity contribution in [1.29, 1.82) is 0 Å². The van der Waals surface area contributed by atoms with E-state index in [0.29, 0.717) is 28.1 Å². The molecule has 1 N–H and O–H groups in total. The summed E-state index contributed by atoms with van der Waals surface area (Å²) in [4.78, 5) is 12.6. The molecule has 0 aliphatic heterocycles. The molecule has 0 heterocycles. The molecule has 0 aliphatic carbocycles. The predicted octanol–water partition coefficient (Wildman–Crippen LogP) is 4.73.